The molecule has 0 N–H and O–H groups in total. The quantitative estimate of drug-likeness (QED) is 0.238. The van der Waals surface area contributed by atoms with E-state index in [2.05, 4.69) is 22.1 Å². The largest absolute Gasteiger partial charge is 0.279 e. The molecule has 0 aliphatic carbocycles. The minimum absolute atomic E-state index is 0. The third-order valence-corrected chi connectivity index (χ3v) is 5.84. The standard InChI is InChI=1S/C22H15N5S2.Pt/c1-2-6-16(7-3-1)27(19-10-4-8-17(25-19)21-23-12-14-28-21)20-11-5-9-18(26-20)22-24-13-15-29-22;/h1-15H;. The number of rotatable bonds is 5. The van der Waals surface area contributed by atoms with Crippen LogP contribution in [0.3, 0.4) is 0 Å². The van der Waals surface area contributed by atoms with Gasteiger partial charge >= 0.3 is 0 Å². The van der Waals surface area contributed by atoms with Gasteiger partial charge in [0.2, 0.25) is 0 Å². The normalized spacial score (nSPS) is 10.4. The molecule has 5 aromatic rings. The Bertz CT molecular complexity index is 1130. The van der Waals surface area contributed by atoms with E-state index in [0.717, 1.165) is 38.7 Å². The molecule has 0 saturated heterocycles. The molecule has 5 rings (SSSR count). The summed E-state index contributed by atoms with van der Waals surface area (Å²) < 4.78 is 0. The molecule has 150 valence electrons. The Morgan fingerprint density at radius 2 is 1.13 bits per heavy atom. The Morgan fingerprint density at radius 1 is 0.600 bits per heavy atom. The van der Waals surface area contributed by atoms with Crippen LogP contribution in [0.5, 0.6) is 0 Å². The number of aromatic nitrogens is 4. The van der Waals surface area contributed by atoms with Crippen LogP contribution in [-0.2, 0) is 21.1 Å². The third-order valence-electron chi connectivity index (χ3n) is 4.24. The van der Waals surface area contributed by atoms with Crippen molar-refractivity contribution in [2.75, 3.05) is 4.90 Å². The Kier molecular flexibility index (Phi) is 6.43. The van der Waals surface area contributed by atoms with Gasteiger partial charge < -0.3 is 0 Å². The minimum Gasteiger partial charge on any atom is -0.279 e. The fourth-order valence-electron chi connectivity index (χ4n) is 2.99. The van der Waals surface area contributed by atoms with Gasteiger partial charge in [-0.05, 0) is 36.4 Å². The van der Waals surface area contributed by atoms with Gasteiger partial charge in [0.15, 0.2) is 0 Å². The molecule has 5 nitrogen and oxygen atoms in total. The summed E-state index contributed by atoms with van der Waals surface area (Å²) in [5.74, 6) is 1.57. The van der Waals surface area contributed by atoms with Gasteiger partial charge in [0.05, 0.1) is 0 Å². The van der Waals surface area contributed by atoms with E-state index in [1.807, 2.05) is 70.3 Å². The Balaban J connectivity index is 0.00000218. The predicted octanol–water partition coefficient (Wildman–Crippen LogP) is 6.19. The number of hydrogen-bond donors (Lipinski definition) is 0. The first kappa shape index (κ1) is 20.5. The van der Waals surface area contributed by atoms with Gasteiger partial charge in [-0.15, -0.1) is 22.7 Å². The molecule has 0 aliphatic heterocycles. The summed E-state index contributed by atoms with van der Waals surface area (Å²) in [4.78, 5) is 20.6. The van der Waals surface area contributed by atoms with Crippen molar-refractivity contribution in [3.63, 3.8) is 0 Å². The maximum atomic E-state index is 4.88. The van der Waals surface area contributed by atoms with E-state index in [1.165, 1.54) is 0 Å². The molecule has 0 atom stereocenters. The summed E-state index contributed by atoms with van der Waals surface area (Å²) >= 11 is 3.15. The average Bonchev–Trinajstić information content (AvgIpc) is 3.50. The average molecular weight is 609 g/mol. The second-order valence-electron chi connectivity index (χ2n) is 6.11. The number of anilines is 3. The number of benzene rings is 1. The molecule has 0 unspecified atom stereocenters. The minimum atomic E-state index is 0. The van der Waals surface area contributed by atoms with Crippen molar-refractivity contribution in [1.82, 2.24) is 19.9 Å². The summed E-state index contributed by atoms with van der Waals surface area (Å²) in [5, 5.41) is 5.70. The number of thiazole rings is 2. The van der Waals surface area contributed by atoms with E-state index in [0.29, 0.717) is 0 Å². The zero-order valence-corrected chi connectivity index (χ0v) is 19.4. The molecular formula is C22H15N5PtS2. The fourth-order valence-corrected chi connectivity index (χ4v) is 4.21. The molecular weight excluding hydrogens is 593 g/mol. The predicted molar refractivity (Wildman–Crippen MR) is 119 cm³/mol. The van der Waals surface area contributed by atoms with Crippen LogP contribution in [0, 0.1) is 0 Å². The van der Waals surface area contributed by atoms with Gasteiger partial charge in [-0.25, -0.2) is 19.9 Å². The van der Waals surface area contributed by atoms with E-state index in [-0.39, 0.29) is 21.1 Å². The Morgan fingerprint density at radius 3 is 1.60 bits per heavy atom. The first-order valence-corrected chi connectivity index (χ1v) is 10.7. The molecule has 1 aromatic carbocycles. The summed E-state index contributed by atoms with van der Waals surface area (Å²) in [6.07, 6.45) is 3.59. The van der Waals surface area contributed by atoms with E-state index in [9.17, 15) is 0 Å². The van der Waals surface area contributed by atoms with Crippen LogP contribution in [0.25, 0.3) is 21.4 Å². The van der Waals surface area contributed by atoms with Crippen LogP contribution in [0.15, 0.2) is 89.9 Å². The molecule has 8 heteroatoms. The van der Waals surface area contributed by atoms with E-state index >= 15 is 0 Å². The van der Waals surface area contributed by atoms with E-state index in [1.54, 1.807) is 35.1 Å². The molecule has 0 fully saturated rings. The van der Waals surface area contributed by atoms with Crippen molar-refractivity contribution in [2.24, 2.45) is 0 Å². The first-order chi connectivity index (χ1) is 14.4. The summed E-state index contributed by atoms with van der Waals surface area (Å²) in [6.45, 7) is 0. The Labute approximate surface area is 196 Å². The van der Waals surface area contributed by atoms with Crippen LogP contribution < -0.4 is 4.90 Å². The monoisotopic (exact) mass is 608 g/mol. The maximum absolute atomic E-state index is 4.88. The van der Waals surface area contributed by atoms with Crippen molar-refractivity contribution >= 4 is 40.0 Å². The number of para-hydroxylation sites is 1. The van der Waals surface area contributed by atoms with E-state index < -0.39 is 0 Å². The van der Waals surface area contributed by atoms with Gasteiger partial charge in [0.25, 0.3) is 0 Å². The molecule has 0 aliphatic rings. The van der Waals surface area contributed by atoms with Gasteiger partial charge in [0.1, 0.15) is 33.0 Å². The number of pyridine rings is 2. The van der Waals surface area contributed by atoms with Crippen LogP contribution in [0.1, 0.15) is 0 Å². The molecule has 4 heterocycles. The maximum Gasteiger partial charge on any atom is 0.141 e. The molecule has 4 aromatic heterocycles. The first-order valence-electron chi connectivity index (χ1n) is 8.97. The van der Waals surface area contributed by atoms with Gasteiger partial charge in [-0.3, -0.25) is 4.90 Å². The molecule has 0 amide bonds. The van der Waals surface area contributed by atoms with Crippen LogP contribution >= 0.6 is 22.7 Å². The van der Waals surface area contributed by atoms with Gasteiger partial charge in [-0.1, -0.05) is 30.3 Å². The summed E-state index contributed by atoms with van der Waals surface area (Å²) in [7, 11) is 0. The number of nitrogens with zero attached hydrogens (tertiary/aromatic N) is 5. The second kappa shape index (κ2) is 9.39. The summed E-state index contributed by atoms with van der Waals surface area (Å²) in [6, 6.07) is 22.1. The van der Waals surface area contributed by atoms with Crippen molar-refractivity contribution in [3.05, 3.63) is 89.9 Å². The van der Waals surface area contributed by atoms with Crippen molar-refractivity contribution in [2.45, 2.75) is 0 Å². The van der Waals surface area contributed by atoms with E-state index in [4.69, 9.17) is 9.97 Å². The number of hydrogen-bond acceptors (Lipinski definition) is 7. The molecule has 30 heavy (non-hydrogen) atoms. The van der Waals surface area contributed by atoms with Crippen LogP contribution in [-0.4, -0.2) is 19.9 Å². The van der Waals surface area contributed by atoms with Crippen molar-refractivity contribution < 1.29 is 21.1 Å². The second-order valence-corrected chi connectivity index (χ2v) is 7.90. The molecule has 0 spiro atoms. The SMILES string of the molecule is [Pt].c1ccc(N(c2cccc(-c3nccs3)n2)c2cccc(-c3nccs3)n2)cc1. The van der Waals surface area contributed by atoms with Gasteiger partial charge in [0, 0.05) is 49.9 Å². The molecule has 0 radical (unpaired) electrons. The topological polar surface area (TPSA) is 54.8 Å². The smallest absolute Gasteiger partial charge is 0.141 e. The summed E-state index contributed by atoms with van der Waals surface area (Å²) in [5.41, 5.74) is 2.67. The van der Waals surface area contributed by atoms with Gasteiger partial charge in [-0.2, -0.15) is 0 Å². The molecule has 0 bridgehead atoms. The van der Waals surface area contributed by atoms with Crippen LogP contribution in [0.4, 0.5) is 17.3 Å². The van der Waals surface area contributed by atoms with Crippen LogP contribution in [0.2, 0.25) is 0 Å². The van der Waals surface area contributed by atoms with Crippen molar-refractivity contribution in [1.29, 1.82) is 0 Å². The van der Waals surface area contributed by atoms with Crippen molar-refractivity contribution in [3.8, 4) is 21.4 Å². The molecule has 0 saturated carbocycles. The Hall–Kier alpha value is -2.73. The fraction of sp³-hybridized carbons (Fsp3) is 0. The zero-order valence-electron chi connectivity index (χ0n) is 15.5. The zero-order chi connectivity index (χ0) is 19.5. The third kappa shape index (κ3) is 4.24.